The second-order valence-corrected chi connectivity index (χ2v) is 6.11. The van der Waals surface area contributed by atoms with Gasteiger partial charge in [-0.05, 0) is 42.9 Å². The third-order valence-electron chi connectivity index (χ3n) is 3.73. The SMILES string of the molecule is CC1CCC(C)C(Nc2cc(Cl)ccc2Cl)C1. The minimum atomic E-state index is 0.509. The van der Waals surface area contributed by atoms with Crippen LogP contribution in [0.3, 0.4) is 0 Å². The van der Waals surface area contributed by atoms with E-state index in [1.165, 1.54) is 19.3 Å². The van der Waals surface area contributed by atoms with Gasteiger partial charge in [0.1, 0.15) is 0 Å². The maximum atomic E-state index is 6.18. The van der Waals surface area contributed by atoms with Gasteiger partial charge in [0.2, 0.25) is 0 Å². The number of rotatable bonds is 2. The van der Waals surface area contributed by atoms with Crippen molar-refractivity contribution in [1.29, 1.82) is 0 Å². The van der Waals surface area contributed by atoms with Crippen LogP contribution in [0.1, 0.15) is 33.1 Å². The minimum Gasteiger partial charge on any atom is -0.381 e. The van der Waals surface area contributed by atoms with Gasteiger partial charge < -0.3 is 5.32 Å². The summed E-state index contributed by atoms with van der Waals surface area (Å²) in [5, 5.41) is 5.03. The Kier molecular flexibility index (Phi) is 4.22. The Labute approximate surface area is 114 Å². The molecule has 3 heteroatoms. The summed E-state index contributed by atoms with van der Waals surface area (Å²) in [5.74, 6) is 1.49. The topological polar surface area (TPSA) is 12.0 Å². The van der Waals surface area contributed by atoms with Crippen LogP contribution in [0.25, 0.3) is 0 Å². The standard InChI is InChI=1S/C14H19Cl2N/c1-9-3-4-10(2)13(7-9)17-14-8-11(15)5-6-12(14)16/h5-6,8-10,13,17H,3-4,7H2,1-2H3. The molecule has 0 amide bonds. The molecule has 0 heterocycles. The monoisotopic (exact) mass is 271 g/mol. The van der Waals surface area contributed by atoms with Crippen LogP contribution >= 0.6 is 23.2 Å². The van der Waals surface area contributed by atoms with E-state index < -0.39 is 0 Å². The Morgan fingerprint density at radius 2 is 1.94 bits per heavy atom. The molecule has 0 saturated heterocycles. The van der Waals surface area contributed by atoms with Gasteiger partial charge in [-0.15, -0.1) is 0 Å². The molecule has 0 aromatic heterocycles. The average molecular weight is 272 g/mol. The molecular weight excluding hydrogens is 253 g/mol. The van der Waals surface area contributed by atoms with Crippen LogP contribution in [0, 0.1) is 11.8 Å². The maximum absolute atomic E-state index is 6.18. The molecule has 1 saturated carbocycles. The van der Waals surface area contributed by atoms with Crippen LogP contribution in [0.2, 0.25) is 10.0 Å². The molecule has 0 bridgehead atoms. The Bertz CT molecular complexity index is 392. The summed E-state index contributed by atoms with van der Waals surface area (Å²) in [7, 11) is 0. The van der Waals surface area contributed by atoms with Crippen molar-refractivity contribution in [3.05, 3.63) is 28.2 Å². The molecule has 0 spiro atoms. The van der Waals surface area contributed by atoms with Crippen molar-refractivity contribution in [1.82, 2.24) is 0 Å². The van der Waals surface area contributed by atoms with E-state index in [1.54, 1.807) is 0 Å². The molecule has 0 aliphatic heterocycles. The first-order valence-electron chi connectivity index (χ1n) is 6.28. The molecule has 1 fully saturated rings. The van der Waals surface area contributed by atoms with Gasteiger partial charge in [0, 0.05) is 11.1 Å². The lowest BCUT2D eigenvalue weighted by Crippen LogP contribution is -2.33. The van der Waals surface area contributed by atoms with Crippen molar-refractivity contribution in [2.24, 2.45) is 11.8 Å². The Morgan fingerprint density at radius 1 is 1.18 bits per heavy atom. The molecule has 1 N–H and O–H groups in total. The highest BCUT2D eigenvalue weighted by molar-refractivity contribution is 6.35. The van der Waals surface area contributed by atoms with Gasteiger partial charge in [-0.25, -0.2) is 0 Å². The molecule has 1 aliphatic carbocycles. The fourth-order valence-corrected chi connectivity index (χ4v) is 2.89. The molecule has 1 aliphatic rings. The fourth-order valence-electron chi connectivity index (χ4n) is 2.54. The van der Waals surface area contributed by atoms with Crippen molar-refractivity contribution in [3.8, 4) is 0 Å². The highest BCUT2D eigenvalue weighted by Gasteiger charge is 2.25. The number of hydrogen-bond donors (Lipinski definition) is 1. The molecule has 2 rings (SSSR count). The summed E-state index contributed by atoms with van der Waals surface area (Å²) in [6, 6.07) is 6.09. The number of hydrogen-bond acceptors (Lipinski definition) is 1. The summed E-state index contributed by atoms with van der Waals surface area (Å²) >= 11 is 12.2. The van der Waals surface area contributed by atoms with Crippen molar-refractivity contribution in [3.63, 3.8) is 0 Å². The molecule has 94 valence electrons. The lowest BCUT2D eigenvalue weighted by atomic mass is 9.80. The molecule has 3 unspecified atom stereocenters. The number of nitrogens with one attached hydrogen (secondary N) is 1. The third-order valence-corrected chi connectivity index (χ3v) is 4.29. The first-order chi connectivity index (χ1) is 8.06. The Hall–Kier alpha value is -0.400. The van der Waals surface area contributed by atoms with Crippen molar-refractivity contribution in [2.45, 2.75) is 39.2 Å². The summed E-state index contributed by atoms with van der Waals surface area (Å²) in [6.07, 6.45) is 3.84. The zero-order valence-electron chi connectivity index (χ0n) is 10.3. The van der Waals surface area contributed by atoms with E-state index in [0.717, 1.165) is 21.7 Å². The van der Waals surface area contributed by atoms with Gasteiger partial charge >= 0.3 is 0 Å². The highest BCUT2D eigenvalue weighted by Crippen LogP contribution is 2.33. The van der Waals surface area contributed by atoms with Gasteiger partial charge in [0.25, 0.3) is 0 Å². The van der Waals surface area contributed by atoms with Gasteiger partial charge in [0.05, 0.1) is 10.7 Å². The van der Waals surface area contributed by atoms with Crippen molar-refractivity contribution in [2.75, 3.05) is 5.32 Å². The molecule has 1 aromatic rings. The second-order valence-electron chi connectivity index (χ2n) is 5.27. The average Bonchev–Trinajstić information content (AvgIpc) is 2.28. The van der Waals surface area contributed by atoms with Crippen molar-refractivity contribution < 1.29 is 0 Å². The fraction of sp³-hybridized carbons (Fsp3) is 0.571. The lowest BCUT2D eigenvalue weighted by molar-refractivity contribution is 0.281. The van der Waals surface area contributed by atoms with Crippen LogP contribution in [0.5, 0.6) is 0 Å². The van der Waals surface area contributed by atoms with E-state index in [2.05, 4.69) is 19.2 Å². The van der Waals surface area contributed by atoms with Crippen LogP contribution < -0.4 is 5.32 Å². The largest absolute Gasteiger partial charge is 0.381 e. The first-order valence-corrected chi connectivity index (χ1v) is 7.03. The smallest absolute Gasteiger partial charge is 0.0638 e. The van der Waals surface area contributed by atoms with E-state index in [-0.39, 0.29) is 0 Å². The first kappa shape index (κ1) is 13.0. The zero-order chi connectivity index (χ0) is 12.4. The molecule has 0 radical (unpaired) electrons. The predicted molar refractivity (Wildman–Crippen MR) is 76.1 cm³/mol. The quantitative estimate of drug-likeness (QED) is 0.777. The van der Waals surface area contributed by atoms with E-state index in [4.69, 9.17) is 23.2 Å². The molecule has 1 nitrogen and oxygen atoms in total. The van der Waals surface area contributed by atoms with E-state index >= 15 is 0 Å². The Balaban J connectivity index is 2.11. The Morgan fingerprint density at radius 3 is 2.71 bits per heavy atom. The summed E-state index contributed by atoms with van der Waals surface area (Å²) in [6.45, 7) is 4.63. The van der Waals surface area contributed by atoms with E-state index in [9.17, 15) is 0 Å². The van der Waals surface area contributed by atoms with Crippen LogP contribution in [0.4, 0.5) is 5.69 Å². The number of halogens is 2. The van der Waals surface area contributed by atoms with Gasteiger partial charge in [-0.2, -0.15) is 0 Å². The molecule has 17 heavy (non-hydrogen) atoms. The van der Waals surface area contributed by atoms with Gasteiger partial charge in [-0.3, -0.25) is 0 Å². The molecule has 3 atom stereocenters. The van der Waals surface area contributed by atoms with E-state index in [1.807, 2.05) is 18.2 Å². The van der Waals surface area contributed by atoms with E-state index in [0.29, 0.717) is 12.0 Å². The zero-order valence-corrected chi connectivity index (χ0v) is 11.9. The second kappa shape index (κ2) is 5.49. The van der Waals surface area contributed by atoms with Crippen LogP contribution in [0.15, 0.2) is 18.2 Å². The number of benzene rings is 1. The van der Waals surface area contributed by atoms with Crippen molar-refractivity contribution >= 4 is 28.9 Å². The summed E-state index contributed by atoms with van der Waals surface area (Å²) in [4.78, 5) is 0. The predicted octanol–water partition coefficient (Wildman–Crippen LogP) is 5.23. The van der Waals surface area contributed by atoms with Crippen LogP contribution in [-0.2, 0) is 0 Å². The van der Waals surface area contributed by atoms with Gasteiger partial charge in [-0.1, -0.05) is 43.5 Å². The third kappa shape index (κ3) is 3.29. The highest BCUT2D eigenvalue weighted by atomic mass is 35.5. The number of anilines is 1. The summed E-state index contributed by atoms with van der Waals surface area (Å²) < 4.78 is 0. The lowest BCUT2D eigenvalue weighted by Gasteiger charge is -2.34. The van der Waals surface area contributed by atoms with Gasteiger partial charge in [0.15, 0.2) is 0 Å². The molecule has 1 aromatic carbocycles. The normalized spacial score (nSPS) is 29.1. The summed E-state index contributed by atoms with van der Waals surface area (Å²) in [5.41, 5.74) is 0.963. The maximum Gasteiger partial charge on any atom is 0.0638 e. The van der Waals surface area contributed by atoms with Crippen LogP contribution in [-0.4, -0.2) is 6.04 Å². The molecular formula is C14H19Cl2N. The minimum absolute atomic E-state index is 0.509.